The molecule has 2 heterocycles. The third kappa shape index (κ3) is 7.14. The van der Waals surface area contributed by atoms with Crippen molar-refractivity contribution in [3.8, 4) is 0 Å². The topological polar surface area (TPSA) is 27.7 Å². The van der Waals surface area contributed by atoms with Crippen LogP contribution in [0.5, 0.6) is 0 Å². The number of likely N-dealkylation sites (N-methyl/N-ethyl adjacent to an activating group) is 1. The first-order valence-electron chi connectivity index (χ1n) is 9.08. The highest BCUT2D eigenvalue weighted by Crippen LogP contribution is 2.18. The van der Waals surface area contributed by atoms with E-state index < -0.39 is 0 Å². The van der Waals surface area contributed by atoms with Gasteiger partial charge in [-0.25, -0.2) is 0 Å². The van der Waals surface area contributed by atoms with E-state index in [4.69, 9.17) is 4.74 Å². The van der Waals surface area contributed by atoms with Gasteiger partial charge in [-0.05, 0) is 57.8 Å². The monoisotopic (exact) mass is 333 g/mol. The van der Waals surface area contributed by atoms with E-state index in [9.17, 15) is 0 Å². The largest absolute Gasteiger partial charge is 0.377 e. The Morgan fingerprint density at radius 3 is 2.45 bits per heavy atom. The first-order chi connectivity index (χ1) is 10.3. The van der Waals surface area contributed by atoms with Crippen LogP contribution in [0.3, 0.4) is 0 Å². The summed E-state index contributed by atoms with van der Waals surface area (Å²) in [4.78, 5) is 5.09. The summed E-state index contributed by atoms with van der Waals surface area (Å²) in [5, 5.41) is 3.53. The van der Waals surface area contributed by atoms with Crippen LogP contribution in [0.15, 0.2) is 0 Å². The molecule has 0 bridgehead atoms. The second-order valence-corrected chi connectivity index (χ2v) is 6.61. The lowest BCUT2D eigenvalue weighted by Crippen LogP contribution is -2.43. The van der Waals surface area contributed by atoms with E-state index in [-0.39, 0.29) is 12.4 Å². The Kier molecular flexibility index (Phi) is 10.7. The molecule has 2 aliphatic heterocycles. The van der Waals surface area contributed by atoms with Crippen LogP contribution in [-0.2, 0) is 4.74 Å². The minimum absolute atomic E-state index is 0. The van der Waals surface area contributed by atoms with Crippen LogP contribution in [0.25, 0.3) is 0 Å². The van der Waals surface area contributed by atoms with E-state index in [0.717, 1.165) is 32.2 Å². The van der Waals surface area contributed by atoms with Crippen molar-refractivity contribution < 1.29 is 4.74 Å². The Morgan fingerprint density at radius 1 is 1.14 bits per heavy atom. The van der Waals surface area contributed by atoms with E-state index in [0.29, 0.717) is 6.10 Å². The van der Waals surface area contributed by atoms with Crippen LogP contribution < -0.4 is 5.32 Å². The number of nitrogens with zero attached hydrogens (tertiary/aromatic N) is 2. The molecule has 22 heavy (non-hydrogen) atoms. The molecule has 2 fully saturated rings. The normalized spacial score (nSPS) is 24.4. The van der Waals surface area contributed by atoms with Crippen LogP contribution in [0.4, 0.5) is 0 Å². The Hall–Kier alpha value is 0.130. The van der Waals surface area contributed by atoms with Crippen molar-refractivity contribution >= 4 is 12.4 Å². The van der Waals surface area contributed by atoms with Crippen LogP contribution in [-0.4, -0.2) is 74.9 Å². The van der Waals surface area contributed by atoms with Gasteiger partial charge in [-0.1, -0.05) is 13.8 Å². The SMILES string of the molecule is CCN(CC)CCOC1CCN(CC2CCCNC2)CC1.Cl. The molecule has 4 nitrogen and oxygen atoms in total. The minimum Gasteiger partial charge on any atom is -0.377 e. The first-order valence-corrected chi connectivity index (χ1v) is 9.08. The summed E-state index contributed by atoms with van der Waals surface area (Å²) in [6.07, 6.45) is 5.71. The highest BCUT2D eigenvalue weighted by atomic mass is 35.5. The van der Waals surface area contributed by atoms with Gasteiger partial charge in [-0.3, -0.25) is 0 Å². The number of ether oxygens (including phenoxy) is 1. The summed E-state index contributed by atoms with van der Waals surface area (Å²) in [5.41, 5.74) is 0. The average Bonchev–Trinajstić information content (AvgIpc) is 2.54. The highest BCUT2D eigenvalue weighted by molar-refractivity contribution is 5.85. The van der Waals surface area contributed by atoms with Crippen molar-refractivity contribution in [1.82, 2.24) is 15.1 Å². The molecule has 2 aliphatic rings. The molecule has 2 rings (SSSR count). The van der Waals surface area contributed by atoms with Crippen LogP contribution >= 0.6 is 12.4 Å². The molecule has 1 unspecified atom stereocenters. The van der Waals surface area contributed by atoms with Crippen molar-refractivity contribution in [2.45, 2.75) is 45.6 Å². The molecule has 2 saturated heterocycles. The Bertz CT molecular complexity index is 263. The van der Waals surface area contributed by atoms with Crippen molar-refractivity contribution in [3.63, 3.8) is 0 Å². The summed E-state index contributed by atoms with van der Waals surface area (Å²) in [6.45, 7) is 14.9. The number of halogens is 1. The van der Waals surface area contributed by atoms with Crippen molar-refractivity contribution in [2.24, 2.45) is 5.92 Å². The Morgan fingerprint density at radius 2 is 1.86 bits per heavy atom. The number of hydrogen-bond acceptors (Lipinski definition) is 4. The second-order valence-electron chi connectivity index (χ2n) is 6.61. The smallest absolute Gasteiger partial charge is 0.0600 e. The lowest BCUT2D eigenvalue weighted by molar-refractivity contribution is -0.00384. The summed E-state index contributed by atoms with van der Waals surface area (Å²) in [6, 6.07) is 0. The third-order valence-corrected chi connectivity index (χ3v) is 5.11. The Balaban J connectivity index is 0.00000242. The number of piperidine rings is 2. The number of rotatable bonds is 8. The number of hydrogen-bond donors (Lipinski definition) is 1. The van der Waals surface area contributed by atoms with Gasteiger partial charge in [0, 0.05) is 26.2 Å². The number of nitrogens with one attached hydrogen (secondary N) is 1. The Labute approximate surface area is 143 Å². The van der Waals surface area contributed by atoms with Crippen molar-refractivity contribution in [3.05, 3.63) is 0 Å². The molecular weight excluding hydrogens is 298 g/mol. The molecule has 0 spiro atoms. The molecule has 5 heteroatoms. The fourth-order valence-electron chi connectivity index (χ4n) is 3.59. The van der Waals surface area contributed by atoms with E-state index in [1.165, 1.54) is 58.4 Å². The molecule has 0 aromatic carbocycles. The second kappa shape index (κ2) is 11.6. The van der Waals surface area contributed by atoms with E-state index in [2.05, 4.69) is 29.0 Å². The standard InChI is InChI=1S/C17H35N3O.ClH/c1-3-19(4-2)12-13-21-17-7-10-20(11-8-17)15-16-6-5-9-18-14-16;/h16-18H,3-15H2,1-2H3;1H. The maximum atomic E-state index is 6.07. The van der Waals surface area contributed by atoms with Gasteiger partial charge in [0.2, 0.25) is 0 Å². The van der Waals surface area contributed by atoms with Gasteiger partial charge in [-0.15, -0.1) is 12.4 Å². The van der Waals surface area contributed by atoms with Gasteiger partial charge in [0.05, 0.1) is 12.7 Å². The predicted octanol–water partition coefficient (Wildman–Crippen LogP) is 2.23. The van der Waals surface area contributed by atoms with Crippen molar-refractivity contribution in [1.29, 1.82) is 0 Å². The first kappa shape index (κ1) is 20.2. The summed E-state index contributed by atoms with van der Waals surface area (Å²) >= 11 is 0. The lowest BCUT2D eigenvalue weighted by Gasteiger charge is -2.35. The molecule has 0 aromatic rings. The van der Waals surface area contributed by atoms with Crippen molar-refractivity contribution in [2.75, 3.05) is 59.0 Å². The van der Waals surface area contributed by atoms with E-state index >= 15 is 0 Å². The average molecular weight is 334 g/mol. The molecule has 1 atom stereocenters. The molecule has 0 saturated carbocycles. The van der Waals surface area contributed by atoms with Gasteiger partial charge in [0.15, 0.2) is 0 Å². The molecule has 0 radical (unpaired) electrons. The van der Waals surface area contributed by atoms with Gasteiger partial charge >= 0.3 is 0 Å². The zero-order valence-corrected chi connectivity index (χ0v) is 15.4. The van der Waals surface area contributed by atoms with Gasteiger partial charge in [-0.2, -0.15) is 0 Å². The lowest BCUT2D eigenvalue weighted by atomic mass is 9.97. The molecule has 1 N–H and O–H groups in total. The van der Waals surface area contributed by atoms with E-state index in [1.54, 1.807) is 0 Å². The van der Waals surface area contributed by atoms with Gasteiger partial charge in [0.25, 0.3) is 0 Å². The quantitative estimate of drug-likeness (QED) is 0.737. The fraction of sp³-hybridized carbons (Fsp3) is 1.00. The highest BCUT2D eigenvalue weighted by Gasteiger charge is 2.23. The fourth-order valence-corrected chi connectivity index (χ4v) is 3.59. The molecular formula is C17H36ClN3O. The molecule has 0 aliphatic carbocycles. The maximum absolute atomic E-state index is 6.07. The predicted molar refractivity (Wildman–Crippen MR) is 96.0 cm³/mol. The maximum Gasteiger partial charge on any atom is 0.0600 e. The zero-order chi connectivity index (χ0) is 14.9. The molecule has 0 aromatic heterocycles. The van der Waals surface area contributed by atoms with Crippen LogP contribution in [0.1, 0.15) is 39.5 Å². The summed E-state index contributed by atoms with van der Waals surface area (Å²) < 4.78 is 6.07. The number of likely N-dealkylation sites (tertiary alicyclic amines) is 1. The van der Waals surface area contributed by atoms with E-state index in [1.807, 2.05) is 0 Å². The third-order valence-electron chi connectivity index (χ3n) is 5.11. The van der Waals surface area contributed by atoms with Crippen LogP contribution in [0.2, 0.25) is 0 Å². The van der Waals surface area contributed by atoms with Gasteiger partial charge < -0.3 is 19.9 Å². The van der Waals surface area contributed by atoms with Gasteiger partial charge in [0.1, 0.15) is 0 Å². The molecule has 132 valence electrons. The zero-order valence-electron chi connectivity index (χ0n) is 14.6. The summed E-state index contributed by atoms with van der Waals surface area (Å²) in [5.74, 6) is 0.874. The minimum atomic E-state index is 0. The summed E-state index contributed by atoms with van der Waals surface area (Å²) in [7, 11) is 0. The molecule has 0 amide bonds. The van der Waals surface area contributed by atoms with Crippen LogP contribution in [0, 0.1) is 5.92 Å².